The number of carbonyl (C=O) groups excluding carboxylic acids is 2. The molecule has 0 aliphatic heterocycles. The predicted octanol–water partition coefficient (Wildman–Crippen LogP) is 4.62. The molecule has 5 aromatic rings. The van der Waals surface area contributed by atoms with Crippen molar-refractivity contribution in [3.05, 3.63) is 99.9 Å². The summed E-state index contributed by atoms with van der Waals surface area (Å²) >= 11 is 1.65. The van der Waals surface area contributed by atoms with Crippen LogP contribution >= 0.6 is 11.3 Å². The van der Waals surface area contributed by atoms with Crippen molar-refractivity contribution >= 4 is 39.9 Å². The largest absolute Gasteiger partial charge is 0.459 e. The minimum absolute atomic E-state index is 0.212. The van der Waals surface area contributed by atoms with Crippen LogP contribution in [0, 0.1) is 6.92 Å². The van der Waals surface area contributed by atoms with Crippen LogP contribution in [-0.4, -0.2) is 26.6 Å². The number of fused-ring (bicyclic) bond motifs is 1. The van der Waals surface area contributed by atoms with Crippen LogP contribution in [0.2, 0.25) is 0 Å². The van der Waals surface area contributed by atoms with Crippen molar-refractivity contribution in [3.63, 3.8) is 0 Å². The van der Waals surface area contributed by atoms with Gasteiger partial charge in [0.2, 0.25) is 0 Å². The molecule has 170 valence electrons. The van der Waals surface area contributed by atoms with E-state index < -0.39 is 0 Å². The second-order valence-electron chi connectivity index (χ2n) is 7.74. The molecular formula is C25H21N5O3S. The molecule has 4 heterocycles. The lowest BCUT2D eigenvalue weighted by molar-refractivity contribution is 0.0951. The van der Waals surface area contributed by atoms with E-state index >= 15 is 0 Å². The van der Waals surface area contributed by atoms with Crippen LogP contribution in [0.25, 0.3) is 11.0 Å². The summed E-state index contributed by atoms with van der Waals surface area (Å²) < 4.78 is 6.94. The lowest BCUT2D eigenvalue weighted by atomic mass is 10.1. The Morgan fingerprint density at radius 3 is 2.79 bits per heavy atom. The van der Waals surface area contributed by atoms with E-state index in [9.17, 15) is 9.59 Å². The third-order valence-corrected chi connectivity index (χ3v) is 6.11. The van der Waals surface area contributed by atoms with Crippen molar-refractivity contribution < 1.29 is 14.0 Å². The number of pyridine rings is 1. The van der Waals surface area contributed by atoms with Crippen molar-refractivity contribution in [2.24, 2.45) is 0 Å². The van der Waals surface area contributed by atoms with E-state index in [4.69, 9.17) is 4.42 Å². The van der Waals surface area contributed by atoms with E-state index in [1.807, 2.05) is 47.3 Å². The summed E-state index contributed by atoms with van der Waals surface area (Å²) in [6, 6.07) is 16.4. The molecule has 0 saturated carbocycles. The van der Waals surface area contributed by atoms with Gasteiger partial charge in [-0.3, -0.25) is 9.59 Å². The molecule has 0 unspecified atom stereocenters. The second-order valence-corrected chi connectivity index (χ2v) is 8.78. The van der Waals surface area contributed by atoms with Gasteiger partial charge in [0.05, 0.1) is 30.0 Å². The van der Waals surface area contributed by atoms with Gasteiger partial charge >= 0.3 is 0 Å². The average molecular weight is 472 g/mol. The van der Waals surface area contributed by atoms with Crippen molar-refractivity contribution in [2.45, 2.75) is 20.0 Å². The maximum Gasteiger partial charge on any atom is 0.291 e. The zero-order valence-electron chi connectivity index (χ0n) is 18.3. The Bertz CT molecular complexity index is 1460. The van der Waals surface area contributed by atoms with Gasteiger partial charge in [-0.15, -0.1) is 11.3 Å². The smallest absolute Gasteiger partial charge is 0.291 e. The minimum atomic E-state index is -0.333. The molecule has 2 amide bonds. The third kappa shape index (κ3) is 4.60. The molecule has 0 saturated heterocycles. The number of benzene rings is 1. The number of anilines is 1. The molecule has 5 rings (SSSR count). The second kappa shape index (κ2) is 9.32. The molecule has 9 heteroatoms. The number of furan rings is 1. The molecule has 0 atom stereocenters. The molecule has 0 fully saturated rings. The summed E-state index contributed by atoms with van der Waals surface area (Å²) in [6.07, 6.45) is 3.14. The Hall–Kier alpha value is -4.24. The SMILES string of the molecule is Cc1cc(C(=O)NCc2cccc(NC(=O)c3ccco3)c2)c2cnn(Cc3cccs3)c2n1. The highest BCUT2D eigenvalue weighted by molar-refractivity contribution is 7.09. The lowest BCUT2D eigenvalue weighted by Gasteiger charge is -2.10. The van der Waals surface area contributed by atoms with E-state index in [2.05, 4.69) is 20.7 Å². The Kier molecular flexibility index (Phi) is 5.92. The van der Waals surface area contributed by atoms with E-state index in [0.29, 0.717) is 35.4 Å². The number of rotatable bonds is 7. The van der Waals surface area contributed by atoms with Gasteiger partial charge in [-0.25, -0.2) is 9.67 Å². The van der Waals surface area contributed by atoms with Crippen LogP contribution in [0.15, 0.2) is 76.9 Å². The Labute approximate surface area is 199 Å². The number of aryl methyl sites for hydroxylation is 1. The van der Waals surface area contributed by atoms with Crippen LogP contribution in [0.4, 0.5) is 5.69 Å². The van der Waals surface area contributed by atoms with Crippen LogP contribution in [-0.2, 0) is 13.1 Å². The molecule has 0 spiro atoms. The summed E-state index contributed by atoms with van der Waals surface area (Å²) in [5, 5.41) is 13.0. The van der Waals surface area contributed by atoms with Crippen LogP contribution in [0.1, 0.15) is 37.0 Å². The fraction of sp³-hybridized carbons (Fsp3) is 0.120. The molecule has 0 aliphatic carbocycles. The fourth-order valence-electron chi connectivity index (χ4n) is 3.66. The Balaban J connectivity index is 1.30. The predicted molar refractivity (Wildman–Crippen MR) is 130 cm³/mol. The number of nitrogens with zero attached hydrogens (tertiary/aromatic N) is 3. The molecule has 0 radical (unpaired) electrons. The number of carbonyl (C=O) groups is 2. The van der Waals surface area contributed by atoms with Crippen LogP contribution in [0.5, 0.6) is 0 Å². The fourth-order valence-corrected chi connectivity index (χ4v) is 4.35. The molecule has 4 aromatic heterocycles. The first-order valence-electron chi connectivity index (χ1n) is 10.6. The molecule has 0 aliphatic rings. The highest BCUT2D eigenvalue weighted by Crippen LogP contribution is 2.21. The average Bonchev–Trinajstić information content (AvgIpc) is 3.61. The number of hydrogen-bond donors (Lipinski definition) is 2. The molecule has 34 heavy (non-hydrogen) atoms. The van der Waals surface area contributed by atoms with Gasteiger partial charge in [0.1, 0.15) is 0 Å². The van der Waals surface area contributed by atoms with Crippen molar-refractivity contribution in [2.75, 3.05) is 5.32 Å². The number of thiophene rings is 1. The Morgan fingerprint density at radius 2 is 2.00 bits per heavy atom. The van der Waals surface area contributed by atoms with Crippen molar-refractivity contribution in [1.29, 1.82) is 0 Å². The number of nitrogens with one attached hydrogen (secondary N) is 2. The van der Waals surface area contributed by atoms with Crippen LogP contribution in [0.3, 0.4) is 0 Å². The number of hydrogen-bond acceptors (Lipinski definition) is 6. The third-order valence-electron chi connectivity index (χ3n) is 5.25. The first-order valence-corrected chi connectivity index (χ1v) is 11.5. The van der Waals surface area contributed by atoms with E-state index in [1.54, 1.807) is 41.8 Å². The van der Waals surface area contributed by atoms with E-state index in [1.165, 1.54) is 11.1 Å². The number of amides is 2. The molecule has 2 N–H and O–H groups in total. The lowest BCUT2D eigenvalue weighted by Crippen LogP contribution is -2.23. The summed E-state index contributed by atoms with van der Waals surface area (Å²) in [5.74, 6) is -0.313. The zero-order valence-corrected chi connectivity index (χ0v) is 19.1. The molecule has 8 nitrogen and oxygen atoms in total. The first-order chi connectivity index (χ1) is 16.6. The maximum absolute atomic E-state index is 13.1. The van der Waals surface area contributed by atoms with Crippen LogP contribution < -0.4 is 10.6 Å². The van der Waals surface area contributed by atoms with Gasteiger partial charge in [0, 0.05) is 22.8 Å². The summed E-state index contributed by atoms with van der Waals surface area (Å²) in [6.45, 7) is 2.77. The first kappa shape index (κ1) is 21.6. The molecule has 0 bridgehead atoms. The minimum Gasteiger partial charge on any atom is -0.459 e. The maximum atomic E-state index is 13.1. The number of aromatic nitrogens is 3. The van der Waals surface area contributed by atoms with Gasteiger partial charge in [-0.1, -0.05) is 18.2 Å². The summed E-state index contributed by atoms with van der Waals surface area (Å²) in [5.41, 5.74) is 3.42. The van der Waals surface area contributed by atoms with Gasteiger partial charge < -0.3 is 15.1 Å². The Morgan fingerprint density at radius 1 is 1.09 bits per heavy atom. The van der Waals surface area contributed by atoms with Gasteiger partial charge in [-0.2, -0.15) is 5.10 Å². The van der Waals surface area contributed by atoms with E-state index in [0.717, 1.165) is 11.3 Å². The van der Waals surface area contributed by atoms with Crippen molar-refractivity contribution in [3.8, 4) is 0 Å². The monoisotopic (exact) mass is 471 g/mol. The van der Waals surface area contributed by atoms with Crippen molar-refractivity contribution in [1.82, 2.24) is 20.1 Å². The highest BCUT2D eigenvalue weighted by atomic mass is 32.1. The van der Waals surface area contributed by atoms with E-state index in [-0.39, 0.29) is 17.6 Å². The normalized spacial score (nSPS) is 11.0. The molecule has 1 aromatic carbocycles. The highest BCUT2D eigenvalue weighted by Gasteiger charge is 2.16. The quantitative estimate of drug-likeness (QED) is 0.360. The van der Waals surface area contributed by atoms with Gasteiger partial charge in [0.25, 0.3) is 11.8 Å². The summed E-state index contributed by atoms with van der Waals surface area (Å²) in [7, 11) is 0. The molecular weight excluding hydrogens is 450 g/mol. The summed E-state index contributed by atoms with van der Waals surface area (Å²) in [4.78, 5) is 31.1. The topological polar surface area (TPSA) is 102 Å². The standard InChI is InChI=1S/C25H21N5O3S/c1-16-11-20(21-14-27-30(23(21)28-16)15-19-7-4-10-34-19)24(31)26-13-17-5-2-6-18(12-17)29-25(32)22-8-3-9-33-22/h2-12,14H,13,15H2,1H3,(H,26,31)(H,29,32). The zero-order chi connectivity index (χ0) is 23.5. The van der Waals surface area contributed by atoms with Gasteiger partial charge in [-0.05, 0) is 54.3 Å². The van der Waals surface area contributed by atoms with Gasteiger partial charge in [0.15, 0.2) is 11.4 Å².